The molecule has 2 aromatic carbocycles. The molecule has 0 spiro atoms. The van der Waals surface area contributed by atoms with E-state index in [-0.39, 0.29) is 5.91 Å². The van der Waals surface area contributed by atoms with Gasteiger partial charge in [-0.3, -0.25) is 4.79 Å². The van der Waals surface area contributed by atoms with Crippen molar-refractivity contribution in [3.05, 3.63) is 72.3 Å². The fourth-order valence-electron chi connectivity index (χ4n) is 3.02. The van der Waals surface area contributed by atoms with E-state index in [9.17, 15) is 4.79 Å². The molecule has 0 saturated heterocycles. The summed E-state index contributed by atoms with van der Waals surface area (Å²) < 4.78 is 7.03. The van der Waals surface area contributed by atoms with Crippen molar-refractivity contribution in [1.29, 1.82) is 0 Å². The number of hydrogen-bond acceptors (Lipinski definition) is 5. The second-order valence-electron chi connectivity index (χ2n) is 6.75. The van der Waals surface area contributed by atoms with Crippen molar-refractivity contribution in [2.24, 2.45) is 0 Å². The molecule has 29 heavy (non-hydrogen) atoms. The molecule has 1 amide bonds. The van der Waals surface area contributed by atoms with E-state index < -0.39 is 0 Å². The monoisotopic (exact) mass is 387 g/mol. The highest BCUT2D eigenvalue weighted by Gasteiger charge is 2.11. The molecule has 7 heteroatoms. The van der Waals surface area contributed by atoms with Gasteiger partial charge in [-0.15, -0.1) is 5.10 Å². The standard InChI is InChI=1S/C22H21N5O2/c1-26(2)21(28)16-7-11-17(12-8-16)23-22-24-20-6-4-5-19(27(20)25-22)15-9-13-18(29-3)14-10-15/h4-14H,1-3H3,(H,23,25). The van der Waals surface area contributed by atoms with Gasteiger partial charge in [0.1, 0.15) is 5.75 Å². The highest BCUT2D eigenvalue weighted by atomic mass is 16.5. The van der Waals surface area contributed by atoms with Crippen LogP contribution in [0.1, 0.15) is 10.4 Å². The molecule has 146 valence electrons. The number of methoxy groups -OCH3 is 1. The average Bonchev–Trinajstić information content (AvgIpc) is 3.16. The third-order valence-electron chi connectivity index (χ3n) is 4.54. The average molecular weight is 387 g/mol. The lowest BCUT2D eigenvalue weighted by Crippen LogP contribution is -2.21. The van der Waals surface area contributed by atoms with Gasteiger partial charge < -0.3 is 15.0 Å². The zero-order valence-corrected chi connectivity index (χ0v) is 16.5. The van der Waals surface area contributed by atoms with Crippen molar-refractivity contribution in [2.45, 2.75) is 0 Å². The summed E-state index contributed by atoms with van der Waals surface area (Å²) in [6, 6.07) is 20.9. The lowest BCUT2D eigenvalue weighted by Gasteiger charge is -2.10. The van der Waals surface area contributed by atoms with Crippen LogP contribution in [0.5, 0.6) is 5.75 Å². The van der Waals surface area contributed by atoms with Gasteiger partial charge in [-0.05, 0) is 60.7 Å². The van der Waals surface area contributed by atoms with Crippen LogP contribution in [0, 0.1) is 0 Å². The van der Waals surface area contributed by atoms with Gasteiger partial charge >= 0.3 is 0 Å². The van der Waals surface area contributed by atoms with E-state index in [1.807, 2.05) is 54.6 Å². The van der Waals surface area contributed by atoms with Crippen molar-refractivity contribution in [1.82, 2.24) is 19.5 Å². The molecule has 0 unspecified atom stereocenters. The molecule has 7 nitrogen and oxygen atoms in total. The smallest absolute Gasteiger partial charge is 0.253 e. The first-order chi connectivity index (χ1) is 14.0. The molecule has 4 rings (SSSR count). The number of benzene rings is 2. The van der Waals surface area contributed by atoms with Crippen LogP contribution in [0.2, 0.25) is 0 Å². The van der Waals surface area contributed by atoms with Gasteiger partial charge in [0.25, 0.3) is 5.91 Å². The minimum absolute atomic E-state index is 0.0356. The Morgan fingerprint density at radius 1 is 1.00 bits per heavy atom. The Kier molecular flexibility index (Phi) is 4.87. The number of amides is 1. The van der Waals surface area contributed by atoms with Gasteiger partial charge in [-0.25, -0.2) is 4.52 Å². The molecule has 0 bridgehead atoms. The van der Waals surface area contributed by atoms with E-state index in [0.29, 0.717) is 11.5 Å². The summed E-state index contributed by atoms with van der Waals surface area (Å²) >= 11 is 0. The van der Waals surface area contributed by atoms with Crippen molar-refractivity contribution < 1.29 is 9.53 Å². The molecule has 0 aliphatic carbocycles. The van der Waals surface area contributed by atoms with Crippen LogP contribution in [-0.2, 0) is 0 Å². The van der Waals surface area contributed by atoms with Gasteiger partial charge in [0.05, 0.1) is 12.8 Å². The van der Waals surface area contributed by atoms with Crippen molar-refractivity contribution in [3.8, 4) is 17.0 Å². The number of anilines is 2. The minimum atomic E-state index is -0.0356. The molecule has 2 heterocycles. The van der Waals surface area contributed by atoms with Crippen LogP contribution in [0.3, 0.4) is 0 Å². The second kappa shape index (κ2) is 7.63. The number of fused-ring (bicyclic) bond motifs is 1. The normalized spacial score (nSPS) is 10.7. The molecule has 0 radical (unpaired) electrons. The minimum Gasteiger partial charge on any atom is -0.497 e. The molecule has 4 aromatic rings. The topological polar surface area (TPSA) is 71.8 Å². The predicted octanol–water partition coefficient (Wildman–Crippen LogP) is 3.85. The second-order valence-corrected chi connectivity index (χ2v) is 6.75. The number of carbonyl (C=O) groups excluding carboxylic acids is 1. The maximum Gasteiger partial charge on any atom is 0.253 e. The van der Waals surface area contributed by atoms with E-state index in [1.165, 1.54) is 0 Å². The van der Waals surface area contributed by atoms with Gasteiger partial charge in [0.15, 0.2) is 5.65 Å². The van der Waals surface area contributed by atoms with Crippen LogP contribution >= 0.6 is 0 Å². The number of ether oxygens (including phenoxy) is 1. The van der Waals surface area contributed by atoms with E-state index in [4.69, 9.17) is 4.74 Å². The number of carbonyl (C=O) groups is 1. The lowest BCUT2D eigenvalue weighted by molar-refractivity contribution is 0.0827. The highest BCUT2D eigenvalue weighted by Crippen LogP contribution is 2.24. The van der Waals surface area contributed by atoms with E-state index in [0.717, 1.165) is 28.3 Å². The number of aromatic nitrogens is 3. The van der Waals surface area contributed by atoms with Crippen LogP contribution < -0.4 is 10.1 Å². The summed E-state index contributed by atoms with van der Waals surface area (Å²) in [5, 5.41) is 7.80. The molecule has 0 aliphatic heterocycles. The molecular weight excluding hydrogens is 366 g/mol. The Labute approximate surface area is 168 Å². The number of nitrogens with zero attached hydrogens (tertiary/aromatic N) is 4. The number of rotatable bonds is 5. The Morgan fingerprint density at radius 3 is 2.38 bits per heavy atom. The molecule has 0 atom stereocenters. The first kappa shape index (κ1) is 18.5. The number of hydrogen-bond donors (Lipinski definition) is 1. The van der Waals surface area contributed by atoms with Gasteiger partial charge in [0.2, 0.25) is 5.95 Å². The first-order valence-electron chi connectivity index (χ1n) is 9.14. The molecule has 0 fully saturated rings. The van der Waals surface area contributed by atoms with Crippen molar-refractivity contribution >= 4 is 23.2 Å². The van der Waals surface area contributed by atoms with Gasteiger partial charge in [-0.2, -0.15) is 4.98 Å². The predicted molar refractivity (Wildman–Crippen MR) is 113 cm³/mol. The quantitative estimate of drug-likeness (QED) is 0.563. The maximum atomic E-state index is 12.0. The van der Waals surface area contributed by atoms with Crippen LogP contribution in [0.15, 0.2) is 66.7 Å². The largest absolute Gasteiger partial charge is 0.497 e. The van der Waals surface area contributed by atoms with E-state index >= 15 is 0 Å². The third kappa shape index (κ3) is 3.75. The molecule has 1 N–H and O–H groups in total. The molecular formula is C22H21N5O2. The fraction of sp³-hybridized carbons (Fsp3) is 0.136. The SMILES string of the molecule is COc1ccc(-c2cccc3nc(Nc4ccc(C(=O)N(C)C)cc4)nn23)cc1. The summed E-state index contributed by atoms with van der Waals surface area (Å²) in [4.78, 5) is 18.1. The Bertz CT molecular complexity index is 1150. The molecule has 2 aromatic heterocycles. The third-order valence-corrected chi connectivity index (χ3v) is 4.54. The molecule has 0 saturated carbocycles. The maximum absolute atomic E-state index is 12.0. The molecule has 0 aliphatic rings. The van der Waals surface area contributed by atoms with E-state index in [1.54, 1.807) is 42.8 Å². The lowest BCUT2D eigenvalue weighted by atomic mass is 10.1. The summed E-state index contributed by atoms with van der Waals surface area (Å²) in [7, 11) is 5.11. The van der Waals surface area contributed by atoms with E-state index in [2.05, 4.69) is 15.4 Å². The Hall–Kier alpha value is -3.87. The summed E-state index contributed by atoms with van der Waals surface area (Å²) in [5.74, 6) is 1.25. The van der Waals surface area contributed by atoms with Gasteiger partial charge in [0, 0.05) is 30.9 Å². The summed E-state index contributed by atoms with van der Waals surface area (Å²) in [6.07, 6.45) is 0. The summed E-state index contributed by atoms with van der Waals surface area (Å²) in [6.45, 7) is 0. The number of nitrogens with one attached hydrogen (secondary N) is 1. The number of pyridine rings is 1. The summed E-state index contributed by atoms with van der Waals surface area (Å²) in [5.41, 5.74) is 4.12. The van der Waals surface area contributed by atoms with Crippen LogP contribution in [0.4, 0.5) is 11.6 Å². The van der Waals surface area contributed by atoms with Gasteiger partial charge in [-0.1, -0.05) is 6.07 Å². The first-order valence-corrected chi connectivity index (χ1v) is 9.14. The van der Waals surface area contributed by atoms with Crippen LogP contribution in [0.25, 0.3) is 16.9 Å². The Balaban J connectivity index is 1.61. The van der Waals surface area contributed by atoms with Crippen molar-refractivity contribution in [3.63, 3.8) is 0 Å². The van der Waals surface area contributed by atoms with Crippen molar-refractivity contribution in [2.75, 3.05) is 26.5 Å². The van der Waals surface area contributed by atoms with Crippen LogP contribution in [-0.4, -0.2) is 46.6 Å². The Morgan fingerprint density at radius 2 is 1.72 bits per heavy atom. The highest BCUT2D eigenvalue weighted by molar-refractivity contribution is 5.94. The fourth-order valence-corrected chi connectivity index (χ4v) is 3.02. The zero-order valence-electron chi connectivity index (χ0n) is 16.5. The zero-order chi connectivity index (χ0) is 20.4.